The first kappa shape index (κ1) is 31.9. The summed E-state index contributed by atoms with van der Waals surface area (Å²) in [6, 6.07) is 26.1. The maximum absolute atomic E-state index is 14.2. The topological polar surface area (TPSA) is 37.4 Å². The summed E-state index contributed by atoms with van der Waals surface area (Å²) in [6.07, 6.45) is 0.770. The van der Waals surface area contributed by atoms with Crippen LogP contribution in [0.15, 0.2) is 83.8 Å². The molecule has 0 fully saturated rings. The number of nitrogens with zero attached hydrogens (tertiary/aromatic N) is 2. The Labute approximate surface area is 252 Å². The Morgan fingerprint density at radius 3 is 2.00 bits per heavy atom. The van der Waals surface area contributed by atoms with Crippen molar-refractivity contribution in [1.29, 1.82) is 0 Å². The van der Waals surface area contributed by atoms with Crippen molar-refractivity contribution in [3.05, 3.63) is 107 Å². The van der Waals surface area contributed by atoms with Crippen molar-refractivity contribution in [3.63, 3.8) is 0 Å². The minimum Gasteiger partial charge on any atom is -1.00 e. The summed E-state index contributed by atoms with van der Waals surface area (Å²) in [4.78, 5) is 0.335. The third kappa shape index (κ3) is 7.15. The quantitative estimate of drug-likeness (QED) is 0.227. The summed E-state index contributed by atoms with van der Waals surface area (Å²) in [5.41, 5.74) is 6.91. The lowest BCUT2D eigenvalue weighted by Crippen LogP contribution is -3.00. The summed E-state index contributed by atoms with van der Waals surface area (Å²) < 4.78 is 30.9. The van der Waals surface area contributed by atoms with Crippen LogP contribution in [0.5, 0.6) is 0 Å². The van der Waals surface area contributed by atoms with Gasteiger partial charge in [-0.1, -0.05) is 65.7 Å². The Balaban J connectivity index is 0.00000441. The average molecular weight is 624 g/mol. The highest BCUT2D eigenvalue weighted by Gasteiger charge is 2.28. The molecular formula is C34H43BrN2O2S. The highest BCUT2D eigenvalue weighted by atomic mass is 79.9. The van der Waals surface area contributed by atoms with E-state index in [4.69, 9.17) is 0 Å². The third-order valence-corrected chi connectivity index (χ3v) is 10.0. The second kappa shape index (κ2) is 13.3. The number of fused-ring (bicyclic) bond motifs is 1. The molecule has 0 radical (unpaired) electrons. The van der Waals surface area contributed by atoms with Gasteiger partial charge >= 0.3 is 0 Å². The number of hydrogen-bond donors (Lipinski definition) is 0. The predicted molar refractivity (Wildman–Crippen MR) is 165 cm³/mol. The third-order valence-electron chi connectivity index (χ3n) is 8.22. The van der Waals surface area contributed by atoms with Crippen LogP contribution in [0.3, 0.4) is 0 Å². The molecule has 4 nitrogen and oxygen atoms in total. The number of quaternary nitrogens is 1. The molecule has 0 spiro atoms. The number of benzene rings is 4. The first-order chi connectivity index (χ1) is 18.6. The van der Waals surface area contributed by atoms with Gasteiger partial charge in [0.2, 0.25) is 0 Å². The number of aryl methyl sites for hydroxylation is 4. The summed E-state index contributed by atoms with van der Waals surface area (Å²) in [6.45, 7) is 17.2. The molecule has 214 valence electrons. The van der Waals surface area contributed by atoms with Crippen molar-refractivity contribution in [1.82, 2.24) is 0 Å². The highest BCUT2D eigenvalue weighted by Crippen LogP contribution is 2.29. The average Bonchev–Trinajstić information content (AvgIpc) is 2.91. The molecule has 0 aromatic heterocycles. The Bertz CT molecular complexity index is 1540. The van der Waals surface area contributed by atoms with Crippen molar-refractivity contribution in [2.24, 2.45) is 0 Å². The standard InChI is InChI=1S/C34H43N2O2S.BrH/c1-7-36(8-2,25-30-21-26(3)20-27(4)22-30)19-11-18-35(33-16-14-28(5)29(6)23-33)39(37,38)34-17-15-31-12-9-10-13-32(31)24-34;/h9-10,12-17,20-24H,7-8,11,18-19,25H2,1-6H3;1H/q+1;/p-1. The van der Waals surface area contributed by atoms with Crippen LogP contribution < -0.4 is 21.3 Å². The van der Waals surface area contributed by atoms with Gasteiger partial charge in [0.15, 0.2) is 0 Å². The van der Waals surface area contributed by atoms with Gasteiger partial charge in [0, 0.05) is 18.5 Å². The second-order valence-electron chi connectivity index (χ2n) is 11.1. The van der Waals surface area contributed by atoms with E-state index in [0.717, 1.165) is 64.7 Å². The van der Waals surface area contributed by atoms with E-state index in [-0.39, 0.29) is 17.0 Å². The van der Waals surface area contributed by atoms with Gasteiger partial charge in [-0.2, -0.15) is 0 Å². The summed E-state index contributed by atoms with van der Waals surface area (Å²) >= 11 is 0. The number of sulfonamides is 1. The first-order valence-electron chi connectivity index (χ1n) is 14.1. The zero-order valence-corrected chi connectivity index (χ0v) is 27.1. The van der Waals surface area contributed by atoms with Crippen molar-refractivity contribution in [2.45, 2.75) is 59.4 Å². The number of hydrogen-bond acceptors (Lipinski definition) is 2. The monoisotopic (exact) mass is 622 g/mol. The fourth-order valence-electron chi connectivity index (χ4n) is 5.66. The van der Waals surface area contributed by atoms with Gasteiger partial charge in [0.05, 0.1) is 30.2 Å². The molecule has 0 aliphatic carbocycles. The maximum Gasteiger partial charge on any atom is 0.264 e. The normalized spacial score (nSPS) is 11.8. The lowest BCUT2D eigenvalue weighted by Gasteiger charge is -2.38. The van der Waals surface area contributed by atoms with Gasteiger partial charge in [-0.05, 0) is 87.7 Å². The second-order valence-corrected chi connectivity index (χ2v) is 12.9. The van der Waals surface area contributed by atoms with Crippen LogP contribution in [-0.4, -0.2) is 39.1 Å². The molecule has 0 bridgehead atoms. The molecule has 6 heteroatoms. The lowest BCUT2D eigenvalue weighted by atomic mass is 10.1. The highest BCUT2D eigenvalue weighted by molar-refractivity contribution is 7.92. The van der Waals surface area contributed by atoms with E-state index in [0.29, 0.717) is 11.4 Å². The first-order valence-corrected chi connectivity index (χ1v) is 15.5. The van der Waals surface area contributed by atoms with E-state index >= 15 is 0 Å². The molecule has 0 amide bonds. The zero-order valence-electron chi connectivity index (χ0n) is 24.7. The van der Waals surface area contributed by atoms with Gasteiger partial charge in [0.1, 0.15) is 6.54 Å². The van der Waals surface area contributed by atoms with E-state index in [2.05, 4.69) is 52.8 Å². The summed E-state index contributed by atoms with van der Waals surface area (Å²) in [5, 5.41) is 1.97. The molecular weight excluding hydrogens is 580 g/mol. The van der Waals surface area contributed by atoms with E-state index in [1.165, 1.54) is 16.7 Å². The minimum absolute atomic E-state index is 0. The minimum atomic E-state index is -3.75. The molecule has 4 aromatic rings. The SMILES string of the molecule is CC[N+](CC)(CCCN(c1ccc(C)c(C)c1)S(=O)(=O)c1ccc2ccccc2c1)Cc1cc(C)cc(C)c1.[Br-]. The van der Waals surface area contributed by atoms with E-state index in [1.54, 1.807) is 16.4 Å². The van der Waals surface area contributed by atoms with E-state index in [1.807, 2.05) is 55.5 Å². The summed E-state index contributed by atoms with van der Waals surface area (Å²) in [5.74, 6) is 0. The molecule has 0 atom stereocenters. The van der Waals surface area contributed by atoms with Gasteiger partial charge in [-0.15, -0.1) is 0 Å². The predicted octanol–water partition coefficient (Wildman–Crippen LogP) is 4.72. The van der Waals surface area contributed by atoms with Crippen LogP contribution in [-0.2, 0) is 16.6 Å². The van der Waals surface area contributed by atoms with Gasteiger partial charge < -0.3 is 21.5 Å². The van der Waals surface area contributed by atoms with Crippen molar-refractivity contribution < 1.29 is 29.9 Å². The maximum atomic E-state index is 14.2. The van der Waals surface area contributed by atoms with Crippen LogP contribution in [0.4, 0.5) is 5.69 Å². The Hall–Kier alpha value is -2.67. The fourth-order valence-corrected chi connectivity index (χ4v) is 7.19. The largest absolute Gasteiger partial charge is 1.00 e. The molecule has 0 heterocycles. The van der Waals surface area contributed by atoms with Gasteiger partial charge in [0.25, 0.3) is 10.0 Å². The van der Waals surface area contributed by atoms with Crippen molar-refractivity contribution >= 4 is 26.5 Å². The van der Waals surface area contributed by atoms with Crippen LogP contribution >= 0.6 is 0 Å². The lowest BCUT2D eigenvalue weighted by molar-refractivity contribution is -0.937. The molecule has 4 aromatic carbocycles. The molecule has 0 aliphatic heterocycles. The van der Waals surface area contributed by atoms with E-state index < -0.39 is 10.0 Å². The van der Waals surface area contributed by atoms with Crippen LogP contribution in [0.25, 0.3) is 10.8 Å². The Kier molecular flexibility index (Phi) is 10.6. The molecule has 4 rings (SSSR count). The summed E-state index contributed by atoms with van der Waals surface area (Å²) in [7, 11) is -3.75. The number of halogens is 1. The zero-order chi connectivity index (χ0) is 28.2. The Morgan fingerprint density at radius 2 is 1.38 bits per heavy atom. The number of anilines is 1. The van der Waals surface area contributed by atoms with Crippen molar-refractivity contribution in [3.8, 4) is 0 Å². The van der Waals surface area contributed by atoms with Crippen LogP contribution in [0.2, 0.25) is 0 Å². The molecule has 0 saturated heterocycles. The number of rotatable bonds is 11. The Morgan fingerprint density at radius 1 is 0.725 bits per heavy atom. The van der Waals surface area contributed by atoms with Crippen LogP contribution in [0.1, 0.15) is 48.1 Å². The molecule has 40 heavy (non-hydrogen) atoms. The van der Waals surface area contributed by atoms with Crippen LogP contribution in [0, 0.1) is 27.7 Å². The molecule has 0 unspecified atom stereocenters. The van der Waals surface area contributed by atoms with Crippen molar-refractivity contribution in [2.75, 3.05) is 30.5 Å². The molecule has 0 aliphatic rings. The molecule has 0 N–H and O–H groups in total. The fraction of sp³-hybridized carbons (Fsp3) is 0.353. The molecule has 0 saturated carbocycles. The van der Waals surface area contributed by atoms with Gasteiger partial charge in [-0.25, -0.2) is 8.42 Å². The van der Waals surface area contributed by atoms with E-state index in [9.17, 15) is 8.42 Å². The van der Waals surface area contributed by atoms with Gasteiger partial charge in [-0.3, -0.25) is 4.31 Å². The smallest absolute Gasteiger partial charge is 0.264 e.